The van der Waals surface area contributed by atoms with Crippen molar-refractivity contribution in [3.63, 3.8) is 0 Å². The number of hydrogen-bond acceptors (Lipinski definition) is 6. The molecular weight excluding hydrogens is 499 g/mol. The fourth-order valence-electron chi connectivity index (χ4n) is 5.39. The highest BCUT2D eigenvalue weighted by atomic mass is 19.1. The topological polar surface area (TPSA) is 84.8 Å². The molecule has 2 unspecified atom stereocenters. The number of dihydropyridines is 1. The van der Waals surface area contributed by atoms with Crippen LogP contribution >= 0.6 is 0 Å². The van der Waals surface area contributed by atoms with Gasteiger partial charge in [-0.2, -0.15) is 5.10 Å². The lowest BCUT2D eigenvalue weighted by Crippen LogP contribution is -2.48. The predicted molar refractivity (Wildman–Crippen MR) is 149 cm³/mol. The largest absolute Gasteiger partial charge is 0.381 e. The first kappa shape index (κ1) is 28.8. The highest BCUT2D eigenvalue weighted by molar-refractivity contribution is 5.75. The summed E-state index contributed by atoms with van der Waals surface area (Å²) in [6, 6.07) is 3.97. The number of nitrogens with zero attached hydrogens (tertiary/aromatic N) is 5. The van der Waals surface area contributed by atoms with Gasteiger partial charge in [0.2, 0.25) is 0 Å². The zero-order valence-corrected chi connectivity index (χ0v) is 23.7. The number of pyridine rings is 1. The fourth-order valence-corrected chi connectivity index (χ4v) is 5.39. The van der Waals surface area contributed by atoms with Crippen LogP contribution in [0.25, 0.3) is 17.0 Å². The van der Waals surface area contributed by atoms with Gasteiger partial charge < -0.3 is 24.6 Å². The number of ether oxygens (including phenoxy) is 2. The van der Waals surface area contributed by atoms with Gasteiger partial charge >= 0.3 is 6.03 Å². The number of urea groups is 1. The van der Waals surface area contributed by atoms with E-state index < -0.39 is 12.1 Å². The minimum atomic E-state index is -0.796. The van der Waals surface area contributed by atoms with Gasteiger partial charge in [-0.1, -0.05) is 27.2 Å². The zero-order chi connectivity index (χ0) is 27.9. The van der Waals surface area contributed by atoms with E-state index in [9.17, 15) is 9.18 Å². The lowest BCUT2D eigenvalue weighted by atomic mass is 9.99. The summed E-state index contributed by atoms with van der Waals surface area (Å²) in [5.74, 6) is -0.402. The number of amides is 2. The monoisotopic (exact) mass is 540 g/mol. The van der Waals surface area contributed by atoms with Gasteiger partial charge in [0.05, 0.1) is 42.0 Å². The van der Waals surface area contributed by atoms with Crippen molar-refractivity contribution in [2.45, 2.75) is 65.1 Å². The lowest BCUT2D eigenvalue weighted by molar-refractivity contribution is 0.0947. The number of methoxy groups -OCH3 is 1. The number of nitrogens with one attached hydrogen (secondary N) is 1. The number of carbonyl (C=O) groups excluding carboxylic acids is 1. The first-order chi connectivity index (χ1) is 19.0. The Labute approximate surface area is 230 Å². The fraction of sp³-hybridized carbons (Fsp3) is 0.552. The number of aromatic nitrogens is 3. The quantitative estimate of drug-likeness (QED) is 0.537. The van der Waals surface area contributed by atoms with Gasteiger partial charge in [-0.25, -0.2) is 13.9 Å². The van der Waals surface area contributed by atoms with Crippen LogP contribution in [0.1, 0.15) is 63.0 Å². The van der Waals surface area contributed by atoms with E-state index in [2.05, 4.69) is 18.3 Å². The third-order valence-electron chi connectivity index (χ3n) is 7.27. The Morgan fingerprint density at radius 2 is 2.05 bits per heavy atom. The van der Waals surface area contributed by atoms with Crippen LogP contribution in [0.15, 0.2) is 36.4 Å². The van der Waals surface area contributed by atoms with Crippen molar-refractivity contribution in [3.8, 4) is 11.3 Å². The van der Waals surface area contributed by atoms with Crippen molar-refractivity contribution >= 4 is 11.7 Å². The molecule has 1 saturated heterocycles. The molecule has 1 fully saturated rings. The summed E-state index contributed by atoms with van der Waals surface area (Å²) in [5.41, 5.74) is 5.35. The van der Waals surface area contributed by atoms with Crippen molar-refractivity contribution in [1.29, 1.82) is 0 Å². The number of hydrogen-bond donors (Lipinski definition) is 1. The molecule has 5 heterocycles. The van der Waals surface area contributed by atoms with Crippen LogP contribution in [0.2, 0.25) is 0 Å². The maximum Gasteiger partial charge on any atom is 0.320 e. The SMILES string of the molecule is CC.CCCC(c1cc(-c2nn(C3=CNC(OC)C(F)=C3)c3c2CCOCC3)ccn1)N1CCCN(C)C1=O. The third-order valence-corrected chi connectivity index (χ3v) is 7.27. The van der Waals surface area contributed by atoms with E-state index in [1.807, 2.05) is 36.5 Å². The minimum Gasteiger partial charge on any atom is -0.381 e. The Balaban J connectivity index is 0.00000172. The van der Waals surface area contributed by atoms with Gasteiger partial charge in [-0.3, -0.25) is 4.98 Å². The highest BCUT2D eigenvalue weighted by Crippen LogP contribution is 2.34. The van der Waals surface area contributed by atoms with E-state index in [0.717, 1.165) is 60.6 Å². The summed E-state index contributed by atoms with van der Waals surface area (Å²) in [6.45, 7) is 8.81. The van der Waals surface area contributed by atoms with Crippen molar-refractivity contribution in [2.24, 2.45) is 0 Å². The molecule has 0 aliphatic carbocycles. The van der Waals surface area contributed by atoms with Gasteiger partial charge in [0.25, 0.3) is 0 Å². The summed E-state index contributed by atoms with van der Waals surface area (Å²) >= 11 is 0. The Hall–Kier alpha value is -3.24. The van der Waals surface area contributed by atoms with Gasteiger partial charge in [-0.05, 0) is 31.4 Å². The molecule has 1 N–H and O–H groups in total. The number of carbonyl (C=O) groups is 1. The zero-order valence-electron chi connectivity index (χ0n) is 23.7. The van der Waals surface area contributed by atoms with Crippen LogP contribution < -0.4 is 5.32 Å². The Kier molecular flexibility index (Phi) is 9.74. The molecule has 0 spiro atoms. The van der Waals surface area contributed by atoms with E-state index in [-0.39, 0.29) is 12.1 Å². The van der Waals surface area contributed by atoms with Crippen LogP contribution in [-0.2, 0) is 22.3 Å². The van der Waals surface area contributed by atoms with Gasteiger partial charge in [0.1, 0.15) is 0 Å². The van der Waals surface area contributed by atoms with Crippen LogP contribution in [0, 0.1) is 0 Å². The number of fused-ring (bicyclic) bond motifs is 1. The smallest absolute Gasteiger partial charge is 0.320 e. The molecular formula is C29H41FN6O3. The molecule has 3 aliphatic heterocycles. The molecule has 0 radical (unpaired) electrons. The second-order valence-electron chi connectivity index (χ2n) is 9.70. The van der Waals surface area contributed by atoms with E-state index in [0.29, 0.717) is 31.8 Å². The summed E-state index contributed by atoms with van der Waals surface area (Å²) in [5, 5.41) is 7.93. The van der Waals surface area contributed by atoms with Gasteiger partial charge in [0, 0.05) is 63.3 Å². The average molecular weight is 541 g/mol. The second kappa shape index (κ2) is 13.2. The Bertz CT molecular complexity index is 1210. The summed E-state index contributed by atoms with van der Waals surface area (Å²) in [4.78, 5) is 21.4. The van der Waals surface area contributed by atoms with Crippen LogP contribution in [0.3, 0.4) is 0 Å². The van der Waals surface area contributed by atoms with E-state index >= 15 is 0 Å². The molecule has 10 heteroatoms. The maximum absolute atomic E-state index is 14.6. The molecule has 0 bridgehead atoms. The standard InChI is InChI=1S/C27H35FN6O3.C2H6/c1-4-6-24(33-12-5-11-32(2)27(33)35)22-15-18(7-10-29-22)25-20-8-13-37-14-9-23(20)34(31-25)19-16-21(28)26(36-3)30-17-19;1-2/h7,10,15-17,24,26,30H,4-6,8-9,11-14H2,1-3H3;1-2H3. The Morgan fingerprint density at radius 1 is 1.26 bits per heavy atom. The van der Waals surface area contributed by atoms with Gasteiger partial charge in [-0.15, -0.1) is 0 Å². The molecule has 2 aromatic heterocycles. The lowest BCUT2D eigenvalue weighted by Gasteiger charge is -2.38. The maximum atomic E-state index is 14.6. The summed E-state index contributed by atoms with van der Waals surface area (Å²) in [6.07, 6.45) is 8.29. The molecule has 212 valence electrons. The number of halogens is 1. The third kappa shape index (κ3) is 6.01. The van der Waals surface area contributed by atoms with Crippen molar-refractivity contribution < 1.29 is 18.7 Å². The van der Waals surface area contributed by atoms with Crippen LogP contribution in [0.5, 0.6) is 0 Å². The summed E-state index contributed by atoms with van der Waals surface area (Å²) in [7, 11) is 3.31. The molecule has 0 saturated carbocycles. The molecule has 2 amide bonds. The molecule has 9 nitrogen and oxygen atoms in total. The van der Waals surface area contributed by atoms with Gasteiger partial charge in [0.15, 0.2) is 12.1 Å². The highest BCUT2D eigenvalue weighted by Gasteiger charge is 2.31. The van der Waals surface area contributed by atoms with E-state index in [4.69, 9.17) is 19.6 Å². The first-order valence-electron chi connectivity index (χ1n) is 14.0. The van der Waals surface area contributed by atoms with Crippen molar-refractivity contribution in [3.05, 3.63) is 53.4 Å². The van der Waals surface area contributed by atoms with E-state index in [1.165, 1.54) is 13.2 Å². The minimum absolute atomic E-state index is 0.0482. The van der Waals surface area contributed by atoms with Crippen LogP contribution in [-0.4, -0.2) is 77.3 Å². The Morgan fingerprint density at radius 3 is 2.79 bits per heavy atom. The number of rotatable bonds is 7. The first-order valence-corrected chi connectivity index (χ1v) is 14.0. The molecule has 39 heavy (non-hydrogen) atoms. The van der Waals surface area contributed by atoms with Crippen molar-refractivity contribution in [2.75, 3.05) is 40.5 Å². The van der Waals surface area contributed by atoms with Crippen LogP contribution in [0.4, 0.5) is 9.18 Å². The normalized spacial score (nSPS) is 20.2. The predicted octanol–water partition coefficient (Wildman–Crippen LogP) is 4.91. The summed E-state index contributed by atoms with van der Waals surface area (Å²) < 4.78 is 27.3. The molecule has 2 aromatic rings. The average Bonchev–Trinajstić information content (AvgIpc) is 3.15. The number of allylic oxidation sites excluding steroid dienone is 2. The molecule has 5 rings (SSSR count). The van der Waals surface area contributed by atoms with Crippen molar-refractivity contribution in [1.82, 2.24) is 29.9 Å². The second-order valence-corrected chi connectivity index (χ2v) is 9.70. The molecule has 0 aromatic carbocycles. The molecule has 3 aliphatic rings. The molecule has 2 atom stereocenters. The van der Waals surface area contributed by atoms with E-state index in [1.54, 1.807) is 17.3 Å².